The van der Waals surface area contributed by atoms with Gasteiger partial charge in [0.15, 0.2) is 11.3 Å². The van der Waals surface area contributed by atoms with Crippen molar-refractivity contribution in [3.63, 3.8) is 0 Å². The van der Waals surface area contributed by atoms with Gasteiger partial charge in [-0.25, -0.2) is 17.9 Å². The summed E-state index contributed by atoms with van der Waals surface area (Å²) in [5.74, 6) is 1.26. The van der Waals surface area contributed by atoms with Crippen molar-refractivity contribution in [2.45, 2.75) is 58.4 Å². The van der Waals surface area contributed by atoms with Gasteiger partial charge in [-0.3, -0.25) is 14.4 Å². The highest BCUT2D eigenvalue weighted by molar-refractivity contribution is 7.92. The number of aliphatic hydroxyl groups is 1. The van der Waals surface area contributed by atoms with Gasteiger partial charge in [-0.2, -0.15) is 0 Å². The van der Waals surface area contributed by atoms with Crippen LogP contribution in [0.4, 0.5) is 5.69 Å². The van der Waals surface area contributed by atoms with Gasteiger partial charge in [-0.1, -0.05) is 32.9 Å². The van der Waals surface area contributed by atoms with Crippen LogP contribution in [0.2, 0.25) is 0 Å². The van der Waals surface area contributed by atoms with Gasteiger partial charge < -0.3 is 14.8 Å². The van der Waals surface area contributed by atoms with Crippen LogP contribution in [0.25, 0.3) is 16.9 Å². The Morgan fingerprint density at radius 2 is 1.93 bits per heavy atom. The van der Waals surface area contributed by atoms with E-state index in [0.717, 1.165) is 18.5 Å². The van der Waals surface area contributed by atoms with Gasteiger partial charge >= 0.3 is 0 Å². The zero-order valence-corrected chi connectivity index (χ0v) is 24.8. The largest absolute Gasteiger partial charge is 0.493 e. The molecule has 0 saturated heterocycles. The van der Waals surface area contributed by atoms with Crippen LogP contribution in [-0.4, -0.2) is 64.3 Å². The molecule has 0 aliphatic carbocycles. The SMILES string of the molecule is CCCc1nc(CC)c2c(=O)[nH]c(-c3cc(S(=O)(=O)Nc4cccc(CN(CC)CCO)c4)ccc3OCC)nn12. The number of nitrogens with one attached hydrogen (secondary N) is 2. The van der Waals surface area contributed by atoms with E-state index >= 15 is 0 Å². The smallest absolute Gasteiger partial charge is 0.277 e. The second-order valence-corrected chi connectivity index (χ2v) is 11.3. The highest BCUT2D eigenvalue weighted by atomic mass is 32.2. The molecular formula is C29H38N6O5S. The Morgan fingerprint density at radius 3 is 2.61 bits per heavy atom. The number of nitrogens with zero attached hydrogens (tertiary/aromatic N) is 4. The lowest BCUT2D eigenvalue weighted by Gasteiger charge is -2.19. The number of sulfonamides is 1. The van der Waals surface area contributed by atoms with Crippen molar-refractivity contribution in [1.29, 1.82) is 0 Å². The fourth-order valence-electron chi connectivity index (χ4n) is 4.73. The molecule has 12 heteroatoms. The Labute approximate surface area is 240 Å². The van der Waals surface area contributed by atoms with Gasteiger partial charge in [0.2, 0.25) is 0 Å². The predicted molar refractivity (Wildman–Crippen MR) is 159 cm³/mol. The first-order valence-corrected chi connectivity index (χ1v) is 15.5. The van der Waals surface area contributed by atoms with E-state index in [2.05, 4.69) is 24.7 Å². The second kappa shape index (κ2) is 13.3. The number of aliphatic hydroxyl groups excluding tert-OH is 1. The molecule has 0 bridgehead atoms. The van der Waals surface area contributed by atoms with E-state index in [1.54, 1.807) is 28.8 Å². The number of fused-ring (bicyclic) bond motifs is 1. The number of likely N-dealkylation sites (N-methyl/N-ethyl adjacent to an activating group) is 1. The van der Waals surface area contributed by atoms with Crippen molar-refractivity contribution in [2.75, 3.05) is 31.0 Å². The van der Waals surface area contributed by atoms with E-state index in [1.165, 1.54) is 12.1 Å². The van der Waals surface area contributed by atoms with Gasteiger partial charge in [0, 0.05) is 25.2 Å². The lowest BCUT2D eigenvalue weighted by Crippen LogP contribution is -2.26. The Balaban J connectivity index is 1.74. The number of aromatic amines is 1. The van der Waals surface area contributed by atoms with Crippen molar-refractivity contribution < 1.29 is 18.3 Å². The summed E-state index contributed by atoms with van der Waals surface area (Å²) < 4.78 is 37.0. The van der Waals surface area contributed by atoms with Crippen molar-refractivity contribution in [3.8, 4) is 17.1 Å². The lowest BCUT2D eigenvalue weighted by atomic mass is 10.2. The van der Waals surface area contributed by atoms with Crippen LogP contribution in [0, 0.1) is 0 Å². The predicted octanol–water partition coefficient (Wildman–Crippen LogP) is 3.61. The number of hydrogen-bond acceptors (Lipinski definition) is 8. The number of anilines is 1. The van der Waals surface area contributed by atoms with Crippen LogP contribution in [0.3, 0.4) is 0 Å². The summed E-state index contributed by atoms with van der Waals surface area (Å²) in [5.41, 5.74) is 2.38. The second-order valence-electron chi connectivity index (χ2n) is 9.63. The number of ether oxygens (including phenoxy) is 1. The van der Waals surface area contributed by atoms with Crippen molar-refractivity contribution in [1.82, 2.24) is 24.5 Å². The van der Waals surface area contributed by atoms with Crippen LogP contribution >= 0.6 is 0 Å². The van der Waals surface area contributed by atoms with Crippen molar-refractivity contribution in [2.24, 2.45) is 0 Å². The Kier molecular flexibility index (Phi) is 9.79. The van der Waals surface area contributed by atoms with E-state index in [4.69, 9.17) is 4.74 Å². The molecule has 2 aromatic carbocycles. The van der Waals surface area contributed by atoms with E-state index in [9.17, 15) is 18.3 Å². The van der Waals surface area contributed by atoms with Crippen LogP contribution in [-0.2, 0) is 29.4 Å². The first-order valence-electron chi connectivity index (χ1n) is 14.0. The monoisotopic (exact) mass is 582 g/mol. The summed E-state index contributed by atoms with van der Waals surface area (Å²) in [6.07, 6.45) is 2.05. The summed E-state index contributed by atoms with van der Waals surface area (Å²) in [5, 5.41) is 14.0. The molecule has 0 unspecified atom stereocenters. The van der Waals surface area contributed by atoms with Crippen LogP contribution in [0.15, 0.2) is 52.2 Å². The summed E-state index contributed by atoms with van der Waals surface area (Å²) >= 11 is 0. The molecule has 2 aromatic heterocycles. The molecular weight excluding hydrogens is 544 g/mol. The zero-order valence-electron chi connectivity index (χ0n) is 24.0. The molecule has 4 aromatic rings. The highest BCUT2D eigenvalue weighted by Crippen LogP contribution is 2.31. The number of aryl methyl sites for hydroxylation is 2. The van der Waals surface area contributed by atoms with Gasteiger partial charge in [0.1, 0.15) is 11.6 Å². The molecule has 0 aliphatic rings. The third-order valence-electron chi connectivity index (χ3n) is 6.71. The van der Waals surface area contributed by atoms with Gasteiger partial charge in [0.25, 0.3) is 15.6 Å². The van der Waals surface area contributed by atoms with E-state index in [0.29, 0.717) is 66.6 Å². The van der Waals surface area contributed by atoms with Gasteiger partial charge in [-0.05, 0) is 62.2 Å². The number of benzene rings is 2. The maximum atomic E-state index is 13.5. The minimum Gasteiger partial charge on any atom is -0.493 e. The highest BCUT2D eigenvalue weighted by Gasteiger charge is 2.22. The van der Waals surface area contributed by atoms with Crippen LogP contribution in [0.5, 0.6) is 5.75 Å². The van der Waals surface area contributed by atoms with E-state index in [1.807, 2.05) is 33.8 Å². The maximum absolute atomic E-state index is 13.5. The van der Waals surface area contributed by atoms with Crippen molar-refractivity contribution in [3.05, 3.63) is 69.9 Å². The summed E-state index contributed by atoms with van der Waals surface area (Å²) in [4.78, 5) is 22.7. The molecule has 4 rings (SSSR count). The number of hydrogen-bond donors (Lipinski definition) is 3. The molecule has 220 valence electrons. The first kappa shape index (κ1) is 30.2. The molecule has 3 N–H and O–H groups in total. The fourth-order valence-corrected chi connectivity index (χ4v) is 5.80. The molecule has 11 nitrogen and oxygen atoms in total. The molecule has 0 atom stereocenters. The minimum atomic E-state index is -4.00. The Hall–Kier alpha value is -3.74. The van der Waals surface area contributed by atoms with Crippen LogP contribution < -0.4 is 15.0 Å². The Morgan fingerprint density at radius 1 is 1.12 bits per heavy atom. The summed E-state index contributed by atoms with van der Waals surface area (Å²) in [6, 6.07) is 11.7. The lowest BCUT2D eigenvalue weighted by molar-refractivity contribution is 0.197. The molecule has 0 radical (unpaired) electrons. The maximum Gasteiger partial charge on any atom is 0.277 e. The van der Waals surface area contributed by atoms with Gasteiger partial charge in [-0.15, -0.1) is 5.10 Å². The molecule has 41 heavy (non-hydrogen) atoms. The zero-order chi connectivity index (χ0) is 29.6. The first-order chi connectivity index (χ1) is 19.7. The fraction of sp³-hybridized carbons (Fsp3) is 0.414. The third kappa shape index (κ3) is 6.77. The number of aromatic nitrogens is 4. The van der Waals surface area contributed by atoms with Crippen LogP contribution in [0.1, 0.15) is 51.2 Å². The molecule has 0 aliphatic heterocycles. The standard InChI is InChI=1S/C29H38N6O5S/c1-5-10-26-30-24(6-2)27-29(37)31-28(32-35(26)27)23-18-22(13-14-25(23)40-8-4)41(38,39)33-21-12-9-11-20(17-21)19-34(7-3)15-16-36/h9,11-14,17-18,33,36H,5-8,10,15-16,19H2,1-4H3,(H,31,32,37). The minimum absolute atomic E-state index is 0.00627. The normalized spacial score (nSPS) is 11.9. The molecule has 0 spiro atoms. The Bertz CT molecular complexity index is 1660. The molecule has 0 saturated carbocycles. The molecule has 0 amide bonds. The molecule has 0 fully saturated rings. The average molecular weight is 583 g/mol. The molecule has 2 heterocycles. The van der Waals surface area contributed by atoms with Crippen molar-refractivity contribution >= 4 is 21.2 Å². The quantitative estimate of drug-likeness (QED) is 0.205. The number of H-pyrrole nitrogens is 1. The summed E-state index contributed by atoms with van der Waals surface area (Å²) in [7, 11) is -4.00. The number of rotatable bonds is 14. The topological polar surface area (TPSA) is 142 Å². The number of imidazole rings is 1. The van der Waals surface area contributed by atoms with E-state index in [-0.39, 0.29) is 22.9 Å². The third-order valence-corrected chi connectivity index (χ3v) is 8.09. The summed E-state index contributed by atoms with van der Waals surface area (Å²) in [6.45, 7) is 10.0. The average Bonchev–Trinajstić information content (AvgIpc) is 3.31. The van der Waals surface area contributed by atoms with Gasteiger partial charge in [0.05, 0.1) is 29.4 Å². The van der Waals surface area contributed by atoms with E-state index < -0.39 is 10.0 Å².